The fourth-order valence-corrected chi connectivity index (χ4v) is 6.98. The van der Waals surface area contributed by atoms with Crippen LogP contribution in [0.4, 0.5) is 4.39 Å². The zero-order chi connectivity index (χ0) is 27.7. The van der Waals surface area contributed by atoms with Gasteiger partial charge in [-0.05, 0) is 58.1 Å². The van der Waals surface area contributed by atoms with Crippen LogP contribution in [0.1, 0.15) is 60.1 Å². The molecule has 3 nitrogen and oxygen atoms in total. The van der Waals surface area contributed by atoms with Crippen molar-refractivity contribution in [2.24, 2.45) is 0 Å². The molecule has 4 aromatic carbocycles. The van der Waals surface area contributed by atoms with E-state index in [0.717, 1.165) is 47.9 Å². The lowest BCUT2D eigenvalue weighted by Crippen LogP contribution is -2.23. The van der Waals surface area contributed by atoms with Crippen molar-refractivity contribution in [3.05, 3.63) is 130 Å². The van der Waals surface area contributed by atoms with Gasteiger partial charge in [-0.2, -0.15) is 0 Å². The van der Waals surface area contributed by atoms with Crippen LogP contribution in [0.25, 0.3) is 0 Å². The lowest BCUT2D eigenvalue weighted by atomic mass is 9.88. The molecule has 2 atom stereocenters. The van der Waals surface area contributed by atoms with Crippen LogP contribution >= 0.6 is 8.58 Å². The van der Waals surface area contributed by atoms with Gasteiger partial charge in [0.2, 0.25) is 0 Å². The summed E-state index contributed by atoms with van der Waals surface area (Å²) < 4.78 is 25.8. The molecule has 0 fully saturated rings. The average molecular weight is 545 g/mol. The van der Waals surface area contributed by atoms with Gasteiger partial charge in [0.15, 0.2) is 6.79 Å². The Hall–Kier alpha value is -3.04. The third kappa shape index (κ3) is 7.54. The SMILES string of the molecule is CCCC(C)(Pc1ccc(F)cc1CO)c1cc(Cc2ccccc2)cc(Cc2ccccc2)c1OCOC. The normalized spacial score (nSPS) is 13.1. The van der Waals surface area contributed by atoms with E-state index >= 15 is 0 Å². The topological polar surface area (TPSA) is 38.7 Å². The largest absolute Gasteiger partial charge is 0.467 e. The van der Waals surface area contributed by atoms with Crippen molar-refractivity contribution < 1.29 is 19.0 Å². The molecular formula is C34H38FO3P. The summed E-state index contributed by atoms with van der Waals surface area (Å²) in [6, 6.07) is 30.3. The molecule has 0 spiro atoms. The van der Waals surface area contributed by atoms with Crippen molar-refractivity contribution in [2.45, 2.75) is 51.3 Å². The van der Waals surface area contributed by atoms with Crippen LogP contribution in [0.2, 0.25) is 0 Å². The van der Waals surface area contributed by atoms with E-state index in [1.54, 1.807) is 7.11 Å². The minimum absolute atomic E-state index is 0.149. The first kappa shape index (κ1) is 29.0. The van der Waals surface area contributed by atoms with E-state index in [-0.39, 0.29) is 24.4 Å². The summed E-state index contributed by atoms with van der Waals surface area (Å²) >= 11 is 0. The smallest absolute Gasteiger partial charge is 0.188 e. The van der Waals surface area contributed by atoms with E-state index in [9.17, 15) is 9.50 Å². The number of hydrogen-bond acceptors (Lipinski definition) is 3. The molecular weight excluding hydrogens is 506 g/mol. The predicted octanol–water partition coefficient (Wildman–Crippen LogP) is 7.50. The highest BCUT2D eigenvalue weighted by molar-refractivity contribution is 7.48. The third-order valence-electron chi connectivity index (χ3n) is 7.03. The molecule has 204 valence electrons. The van der Waals surface area contributed by atoms with Crippen molar-refractivity contribution in [1.29, 1.82) is 0 Å². The number of benzene rings is 4. The Labute approximate surface area is 233 Å². The van der Waals surface area contributed by atoms with Crippen LogP contribution in [0.5, 0.6) is 5.75 Å². The van der Waals surface area contributed by atoms with Gasteiger partial charge in [0.25, 0.3) is 0 Å². The van der Waals surface area contributed by atoms with Crippen LogP contribution in [0.3, 0.4) is 0 Å². The highest BCUT2D eigenvalue weighted by Gasteiger charge is 2.32. The first-order valence-corrected chi connectivity index (χ1v) is 14.5. The molecule has 0 aromatic heterocycles. The summed E-state index contributed by atoms with van der Waals surface area (Å²) in [5.74, 6) is 0.526. The van der Waals surface area contributed by atoms with Crippen LogP contribution in [0, 0.1) is 5.82 Å². The molecule has 0 bridgehead atoms. The van der Waals surface area contributed by atoms with Crippen molar-refractivity contribution >= 4 is 13.9 Å². The summed E-state index contributed by atoms with van der Waals surface area (Å²) in [4.78, 5) is 0. The maximum absolute atomic E-state index is 14.0. The van der Waals surface area contributed by atoms with E-state index in [1.165, 1.54) is 28.8 Å². The summed E-state index contributed by atoms with van der Waals surface area (Å²) in [6.07, 6.45) is 3.43. The third-order valence-corrected chi connectivity index (χ3v) is 8.86. The predicted molar refractivity (Wildman–Crippen MR) is 160 cm³/mol. The molecule has 39 heavy (non-hydrogen) atoms. The van der Waals surface area contributed by atoms with Crippen molar-refractivity contribution in [3.63, 3.8) is 0 Å². The van der Waals surface area contributed by atoms with Gasteiger partial charge in [-0.15, -0.1) is 0 Å². The molecule has 0 saturated heterocycles. The van der Waals surface area contributed by atoms with E-state index < -0.39 is 0 Å². The Morgan fingerprint density at radius 2 is 1.49 bits per heavy atom. The number of halogens is 1. The van der Waals surface area contributed by atoms with Gasteiger partial charge in [-0.25, -0.2) is 4.39 Å². The number of methoxy groups -OCH3 is 1. The van der Waals surface area contributed by atoms with Gasteiger partial charge in [-0.3, -0.25) is 0 Å². The molecule has 0 heterocycles. The van der Waals surface area contributed by atoms with Crippen molar-refractivity contribution in [2.75, 3.05) is 13.9 Å². The highest BCUT2D eigenvalue weighted by atomic mass is 31.1. The molecule has 0 aliphatic rings. The fraction of sp³-hybridized carbons (Fsp3) is 0.294. The Morgan fingerprint density at radius 3 is 2.10 bits per heavy atom. The molecule has 5 heteroatoms. The number of hydrogen-bond donors (Lipinski definition) is 1. The van der Waals surface area contributed by atoms with Crippen molar-refractivity contribution in [1.82, 2.24) is 0 Å². The van der Waals surface area contributed by atoms with Gasteiger partial charge in [0.1, 0.15) is 11.6 Å². The van der Waals surface area contributed by atoms with Gasteiger partial charge in [0.05, 0.1) is 6.61 Å². The molecule has 2 unspecified atom stereocenters. The van der Waals surface area contributed by atoms with Crippen molar-refractivity contribution in [3.8, 4) is 5.75 Å². The van der Waals surface area contributed by atoms with Crippen LogP contribution < -0.4 is 10.0 Å². The second-order valence-electron chi connectivity index (χ2n) is 10.2. The maximum Gasteiger partial charge on any atom is 0.188 e. The summed E-state index contributed by atoms with van der Waals surface area (Å²) in [6.45, 7) is 4.42. The minimum Gasteiger partial charge on any atom is -0.467 e. The number of rotatable bonds is 13. The molecule has 4 aromatic rings. The Kier molecular flexibility index (Phi) is 10.3. The molecule has 1 N–H and O–H groups in total. The molecule has 0 radical (unpaired) electrons. The first-order chi connectivity index (χ1) is 19.0. The van der Waals surface area contributed by atoms with E-state index in [0.29, 0.717) is 14.1 Å². The van der Waals surface area contributed by atoms with Crippen LogP contribution in [-0.2, 0) is 29.3 Å². The van der Waals surface area contributed by atoms with Gasteiger partial charge < -0.3 is 14.6 Å². The van der Waals surface area contributed by atoms with Gasteiger partial charge >= 0.3 is 0 Å². The lowest BCUT2D eigenvalue weighted by molar-refractivity contribution is 0.0493. The Balaban J connectivity index is 1.89. The van der Waals surface area contributed by atoms with Gasteiger partial charge in [-0.1, -0.05) is 108 Å². The van der Waals surface area contributed by atoms with E-state index in [2.05, 4.69) is 74.5 Å². The maximum atomic E-state index is 14.0. The number of aliphatic hydroxyl groups is 1. The van der Waals surface area contributed by atoms with Gasteiger partial charge in [0, 0.05) is 24.3 Å². The minimum atomic E-state index is -0.330. The van der Waals surface area contributed by atoms with Crippen LogP contribution in [-0.4, -0.2) is 19.0 Å². The zero-order valence-corrected chi connectivity index (χ0v) is 24.0. The molecule has 0 amide bonds. The summed E-state index contributed by atoms with van der Waals surface area (Å²) in [5.41, 5.74) is 6.58. The summed E-state index contributed by atoms with van der Waals surface area (Å²) in [7, 11) is 1.96. The molecule has 0 aliphatic carbocycles. The fourth-order valence-electron chi connectivity index (χ4n) is 5.21. The zero-order valence-electron chi connectivity index (χ0n) is 23.0. The highest BCUT2D eigenvalue weighted by Crippen LogP contribution is 2.50. The molecule has 0 saturated carbocycles. The molecule has 4 rings (SSSR count). The second kappa shape index (κ2) is 13.8. The van der Waals surface area contributed by atoms with Crippen LogP contribution in [0.15, 0.2) is 91.0 Å². The quantitative estimate of drug-likeness (QED) is 0.140. The van der Waals surface area contributed by atoms with E-state index in [4.69, 9.17) is 9.47 Å². The number of aliphatic hydroxyl groups excluding tert-OH is 1. The summed E-state index contributed by atoms with van der Waals surface area (Å²) in [5, 5.41) is 10.7. The number of ether oxygens (including phenoxy) is 2. The average Bonchev–Trinajstić information content (AvgIpc) is 2.94. The monoisotopic (exact) mass is 544 g/mol. The Bertz CT molecular complexity index is 1340. The lowest BCUT2D eigenvalue weighted by Gasteiger charge is -2.34. The first-order valence-electron chi connectivity index (χ1n) is 13.5. The Morgan fingerprint density at radius 1 is 0.821 bits per heavy atom. The van der Waals surface area contributed by atoms with E-state index in [1.807, 2.05) is 18.2 Å². The molecule has 0 aliphatic heterocycles. The standard InChI is InChI=1S/C34H38FO3P/c1-4-17-34(2,39-32-16-15-30(35)22-29(32)23-36)31-21-27(18-25-11-7-5-8-12-25)20-28(33(31)38-24-37-3)19-26-13-9-6-10-14-26/h5-16,20-22,36,39H,4,17-19,23-24H2,1-3H3. The second-order valence-corrected chi connectivity index (χ2v) is 12.1.